The second-order valence-corrected chi connectivity index (χ2v) is 2.19. The summed E-state index contributed by atoms with van der Waals surface area (Å²) in [5.74, 6) is 0. The summed E-state index contributed by atoms with van der Waals surface area (Å²) in [5, 5.41) is 0. The zero-order valence-electron chi connectivity index (χ0n) is 1.67. The number of hydrogen-bond donors (Lipinski definition) is 0. The summed E-state index contributed by atoms with van der Waals surface area (Å²) < 4.78 is 8.94. The van der Waals surface area contributed by atoms with E-state index in [1.807, 2.05) is 0 Å². The summed E-state index contributed by atoms with van der Waals surface area (Å²) in [6, 6.07) is 0. The fourth-order valence-corrected chi connectivity index (χ4v) is 0. The molecule has 0 aliphatic heterocycles. The average Bonchev–Trinajstić information content (AvgIpc) is 0.918. The van der Waals surface area contributed by atoms with Gasteiger partial charge in [0.15, 0.2) is 0 Å². The predicted molar refractivity (Wildman–Crippen MR) is 14.0 cm³/mol. The first-order valence-corrected chi connectivity index (χ1v) is 7.16. The summed E-state index contributed by atoms with van der Waals surface area (Å²) in [6.45, 7) is 0. The van der Waals surface area contributed by atoms with Gasteiger partial charge in [0.25, 0.3) is 0 Å². The van der Waals surface area contributed by atoms with Crippen molar-refractivity contribution in [1.29, 1.82) is 0 Å². The third kappa shape index (κ3) is 9.82. The van der Waals surface area contributed by atoms with Crippen LogP contribution in [0.25, 0.3) is 0 Å². The molecule has 0 spiro atoms. The van der Waals surface area contributed by atoms with Crippen molar-refractivity contribution in [3.63, 3.8) is 0 Å². The number of hydrogen-bond acceptors (Lipinski definition) is 2. The van der Waals surface area contributed by atoms with Crippen molar-refractivity contribution in [3.8, 4) is 0 Å². The Morgan fingerprint density at radius 2 is 1.75 bits per heavy atom. The normalized spacial score (nSPS) is 2.00. The molecule has 0 radical (unpaired) electrons. The zero-order chi connectivity index (χ0) is 2.71. The van der Waals surface area contributed by atoms with Crippen molar-refractivity contribution in [2.45, 2.75) is 0 Å². The fraction of sp³-hybridized carbons (Fsp3) is 0. The topological polar surface area (TPSA) is 17.1 Å². The molecule has 4 heavy (non-hydrogen) atoms. The molecule has 0 saturated carbocycles. The van der Waals surface area contributed by atoms with Gasteiger partial charge < -0.3 is 0 Å². The van der Waals surface area contributed by atoms with E-state index in [0.717, 1.165) is 0 Å². The molecule has 0 amide bonds. The first kappa shape index (κ1) is 9.07. The van der Waals surface area contributed by atoms with Gasteiger partial charge in [-0.3, -0.25) is 0 Å². The van der Waals surface area contributed by atoms with Crippen molar-refractivity contribution >= 4 is 30.8 Å². The minimum atomic E-state index is -1.58. The van der Waals surface area contributed by atoms with Crippen LogP contribution in [0.4, 0.5) is 0 Å². The van der Waals surface area contributed by atoms with E-state index >= 15 is 0 Å². The summed E-state index contributed by atoms with van der Waals surface area (Å²) in [5.41, 5.74) is 0. The van der Waals surface area contributed by atoms with Gasteiger partial charge in [0.1, 0.15) is 0 Å². The summed E-state index contributed by atoms with van der Waals surface area (Å²) in [4.78, 5) is 0. The second-order valence-electron chi connectivity index (χ2n) is 0.0833. The molecule has 4 heteroatoms. The molecule has 0 aliphatic carbocycles. The quantitative estimate of drug-likeness (QED) is 0.592. The van der Waals surface area contributed by atoms with Crippen LogP contribution in [-0.4, -0.2) is 22.2 Å². The molecule has 0 aromatic carbocycles. The molecule has 0 saturated heterocycles. The molecular formula is FeOPbS. The van der Waals surface area contributed by atoms with E-state index in [0.29, 0.717) is 0 Å². The molecule has 0 N–H and O–H groups in total. The van der Waals surface area contributed by atoms with Crippen LogP contribution < -0.4 is 0 Å². The van der Waals surface area contributed by atoms with Gasteiger partial charge in [-0.15, -0.1) is 0 Å². The monoisotopic (exact) mass is 312 g/mol. The molecular weight excluding hydrogens is 311 g/mol. The maximum atomic E-state index is 8.94. The molecule has 0 heterocycles. The van der Waals surface area contributed by atoms with Crippen LogP contribution in [0, 0.1) is 0 Å². The van der Waals surface area contributed by atoms with E-state index in [-0.39, 0.29) is 17.1 Å². The Labute approximate surface area is 50.1 Å². The van der Waals surface area contributed by atoms with Crippen LogP contribution in [0.2, 0.25) is 0 Å². The molecule has 0 aromatic heterocycles. The van der Waals surface area contributed by atoms with Crippen LogP contribution in [0.3, 0.4) is 0 Å². The Morgan fingerprint density at radius 3 is 1.75 bits per heavy atom. The van der Waals surface area contributed by atoms with E-state index in [1.54, 1.807) is 0 Å². The molecule has 0 bridgehead atoms. The van der Waals surface area contributed by atoms with Gasteiger partial charge in [0, 0.05) is 17.1 Å². The van der Waals surface area contributed by atoms with Crippen LogP contribution in [0.5, 0.6) is 0 Å². The summed E-state index contributed by atoms with van der Waals surface area (Å²) in [7, 11) is 4.03. The number of rotatable bonds is 0. The molecule has 0 aliphatic rings. The van der Waals surface area contributed by atoms with Gasteiger partial charge in [-0.25, -0.2) is 0 Å². The van der Waals surface area contributed by atoms with Crippen LogP contribution in [0.15, 0.2) is 0 Å². The SMILES string of the molecule is [Fe].[O]=[Pb]=[S]. The Hall–Kier alpha value is 1.46. The first-order valence-electron chi connectivity index (χ1n) is 0.408. The summed E-state index contributed by atoms with van der Waals surface area (Å²) in [6.07, 6.45) is 0. The standard InChI is InChI=1S/Fe.O.Pb.S. The van der Waals surface area contributed by atoms with E-state index in [1.165, 1.54) is 0 Å². The molecule has 0 rings (SSSR count). The van der Waals surface area contributed by atoms with Crippen molar-refractivity contribution < 1.29 is 19.8 Å². The van der Waals surface area contributed by atoms with Gasteiger partial charge in [-0.1, -0.05) is 0 Å². The Bertz CT molecular complexity index is 29.0. The Morgan fingerprint density at radius 1 is 1.75 bits per heavy atom. The molecule has 1 nitrogen and oxygen atoms in total. The van der Waals surface area contributed by atoms with Crippen molar-refractivity contribution in [3.05, 3.63) is 0 Å². The first-order chi connectivity index (χ1) is 1.41. The van der Waals surface area contributed by atoms with E-state index in [9.17, 15) is 0 Å². The maximum absolute atomic E-state index is 8.94. The minimum absolute atomic E-state index is 0. The van der Waals surface area contributed by atoms with Gasteiger partial charge >= 0.3 is 33.5 Å². The zero-order valence-corrected chi connectivity index (χ0v) is 7.48. The Kier molecular flexibility index (Phi) is 20.0. The van der Waals surface area contributed by atoms with Gasteiger partial charge in [-0.05, 0) is 0 Å². The van der Waals surface area contributed by atoms with Crippen LogP contribution >= 0.6 is 8.65 Å². The Balaban J connectivity index is 0. The van der Waals surface area contributed by atoms with E-state index < -0.39 is 22.2 Å². The van der Waals surface area contributed by atoms with Crippen molar-refractivity contribution in [2.75, 3.05) is 0 Å². The molecule has 0 fully saturated rings. The third-order valence-corrected chi connectivity index (χ3v) is 0. The van der Waals surface area contributed by atoms with Gasteiger partial charge in [-0.2, -0.15) is 0 Å². The molecule has 0 aromatic rings. The van der Waals surface area contributed by atoms with Crippen LogP contribution in [-0.2, 0) is 19.8 Å². The van der Waals surface area contributed by atoms with E-state index in [2.05, 4.69) is 8.65 Å². The van der Waals surface area contributed by atoms with Gasteiger partial charge in [0.2, 0.25) is 0 Å². The van der Waals surface area contributed by atoms with E-state index in [4.69, 9.17) is 2.69 Å². The fourth-order valence-electron chi connectivity index (χ4n) is 0. The van der Waals surface area contributed by atoms with Crippen LogP contribution in [0.1, 0.15) is 0 Å². The average molecular weight is 311 g/mol. The molecule has 24 valence electrons. The van der Waals surface area contributed by atoms with Crippen molar-refractivity contribution in [2.24, 2.45) is 0 Å². The third-order valence-electron chi connectivity index (χ3n) is 0. The molecule has 0 atom stereocenters. The second kappa shape index (κ2) is 8.82. The van der Waals surface area contributed by atoms with Gasteiger partial charge in [0.05, 0.1) is 0 Å². The molecule has 0 unspecified atom stereocenters. The predicted octanol–water partition coefficient (Wildman–Crippen LogP) is 0.146. The summed E-state index contributed by atoms with van der Waals surface area (Å²) >= 11 is -1.58. The van der Waals surface area contributed by atoms with Crippen molar-refractivity contribution in [1.82, 2.24) is 0 Å².